The van der Waals surface area contributed by atoms with Crippen molar-refractivity contribution in [1.29, 1.82) is 0 Å². The van der Waals surface area contributed by atoms with Crippen LogP contribution in [-0.2, 0) is 4.74 Å². The Kier molecular flexibility index (Phi) is 8.89. The summed E-state index contributed by atoms with van der Waals surface area (Å²) in [4.78, 5) is 3.69. The topological polar surface area (TPSA) is 38.5 Å². The van der Waals surface area contributed by atoms with E-state index >= 15 is 0 Å². The van der Waals surface area contributed by atoms with Crippen molar-refractivity contribution in [1.82, 2.24) is 4.90 Å². The van der Waals surface area contributed by atoms with Crippen LogP contribution in [0.5, 0.6) is 0 Å². The van der Waals surface area contributed by atoms with Crippen molar-refractivity contribution in [2.75, 3.05) is 33.4 Å². The highest BCUT2D eigenvalue weighted by molar-refractivity contribution is 7.10. The summed E-state index contributed by atoms with van der Waals surface area (Å²) in [6, 6.07) is 4.73. The Labute approximate surface area is 108 Å². The molecular weight excluding hydrogens is 244 g/mol. The van der Waals surface area contributed by atoms with Gasteiger partial charge in [0.25, 0.3) is 0 Å². The Morgan fingerprint density at radius 1 is 1.50 bits per heavy atom. The molecule has 0 saturated heterocycles. The first kappa shape index (κ1) is 15.9. The highest BCUT2D eigenvalue weighted by Crippen LogP contribution is 2.22. The van der Waals surface area contributed by atoms with Gasteiger partial charge in [0, 0.05) is 24.0 Å². The Morgan fingerprint density at radius 3 is 2.81 bits per heavy atom. The van der Waals surface area contributed by atoms with E-state index < -0.39 is 0 Å². The molecule has 0 saturated carbocycles. The number of thiophene rings is 1. The van der Waals surface area contributed by atoms with Gasteiger partial charge in [-0.1, -0.05) is 6.07 Å². The normalized spacial score (nSPS) is 12.5. The third kappa shape index (κ3) is 5.27. The number of halogens is 1. The number of ether oxygens (including phenoxy) is 1. The molecule has 1 atom stereocenters. The predicted molar refractivity (Wildman–Crippen MR) is 72.5 cm³/mol. The fourth-order valence-corrected chi connectivity index (χ4v) is 2.18. The van der Waals surface area contributed by atoms with Gasteiger partial charge < -0.3 is 10.5 Å². The van der Waals surface area contributed by atoms with Crippen molar-refractivity contribution in [2.45, 2.75) is 13.0 Å². The summed E-state index contributed by atoms with van der Waals surface area (Å²) < 4.78 is 5.36. The summed E-state index contributed by atoms with van der Waals surface area (Å²) in [5.41, 5.74) is 5.35. The minimum Gasteiger partial charge on any atom is -0.379 e. The van der Waals surface area contributed by atoms with E-state index in [-0.39, 0.29) is 12.4 Å². The first-order valence-electron chi connectivity index (χ1n) is 5.27. The molecule has 2 N–H and O–H groups in total. The zero-order chi connectivity index (χ0) is 11.1. The average Bonchev–Trinajstić information content (AvgIpc) is 2.76. The minimum absolute atomic E-state index is 0. The summed E-state index contributed by atoms with van der Waals surface area (Å²) >= 11 is 1.80. The number of rotatable bonds is 7. The number of hydrogen-bond acceptors (Lipinski definition) is 4. The molecule has 16 heavy (non-hydrogen) atoms. The Bertz CT molecular complexity index is 256. The Morgan fingerprint density at radius 2 is 2.25 bits per heavy atom. The van der Waals surface area contributed by atoms with Crippen molar-refractivity contribution in [3.05, 3.63) is 22.4 Å². The van der Waals surface area contributed by atoms with Gasteiger partial charge in [-0.15, -0.1) is 23.7 Å². The molecule has 0 amide bonds. The van der Waals surface area contributed by atoms with Gasteiger partial charge in [-0.2, -0.15) is 0 Å². The quantitative estimate of drug-likeness (QED) is 0.767. The summed E-state index contributed by atoms with van der Waals surface area (Å²) in [5.74, 6) is 0. The van der Waals surface area contributed by atoms with Crippen LogP contribution < -0.4 is 5.73 Å². The van der Waals surface area contributed by atoms with Crippen molar-refractivity contribution in [2.24, 2.45) is 5.73 Å². The third-order valence-electron chi connectivity index (χ3n) is 2.47. The van der Waals surface area contributed by atoms with E-state index in [1.165, 1.54) is 4.88 Å². The largest absolute Gasteiger partial charge is 0.379 e. The lowest BCUT2D eigenvalue weighted by molar-refractivity contribution is 0.107. The Balaban J connectivity index is 0.00000225. The van der Waals surface area contributed by atoms with Gasteiger partial charge in [-0.05, 0) is 25.4 Å². The van der Waals surface area contributed by atoms with E-state index in [1.54, 1.807) is 11.3 Å². The number of likely N-dealkylation sites (N-methyl/N-ethyl adjacent to an activating group) is 1. The number of nitrogens with two attached hydrogens (primary N) is 1. The first-order chi connectivity index (χ1) is 7.25. The van der Waals surface area contributed by atoms with E-state index in [4.69, 9.17) is 10.5 Å². The van der Waals surface area contributed by atoms with Gasteiger partial charge in [0.15, 0.2) is 0 Å². The van der Waals surface area contributed by atoms with Gasteiger partial charge in [0.2, 0.25) is 0 Å². The second-order valence-corrected chi connectivity index (χ2v) is 4.55. The second-order valence-electron chi connectivity index (χ2n) is 3.57. The van der Waals surface area contributed by atoms with Crippen LogP contribution in [0.2, 0.25) is 0 Å². The van der Waals surface area contributed by atoms with Gasteiger partial charge in [0.05, 0.1) is 13.2 Å². The molecule has 0 spiro atoms. The number of hydrogen-bond donors (Lipinski definition) is 1. The van der Waals surface area contributed by atoms with Gasteiger partial charge in [0.1, 0.15) is 0 Å². The molecule has 0 aromatic carbocycles. The lowest BCUT2D eigenvalue weighted by Crippen LogP contribution is -2.26. The van der Waals surface area contributed by atoms with Crippen LogP contribution in [0.4, 0.5) is 0 Å². The van der Waals surface area contributed by atoms with Crippen LogP contribution in [0.25, 0.3) is 0 Å². The molecule has 0 radical (unpaired) electrons. The molecule has 5 heteroatoms. The van der Waals surface area contributed by atoms with E-state index in [0.717, 1.165) is 13.2 Å². The van der Waals surface area contributed by atoms with Crippen LogP contribution in [0.1, 0.15) is 17.8 Å². The van der Waals surface area contributed by atoms with Crippen molar-refractivity contribution < 1.29 is 4.74 Å². The van der Waals surface area contributed by atoms with Crippen molar-refractivity contribution in [3.63, 3.8) is 0 Å². The molecule has 0 fully saturated rings. The molecule has 3 nitrogen and oxygen atoms in total. The Hall–Kier alpha value is -0.130. The van der Waals surface area contributed by atoms with E-state index in [2.05, 4.69) is 36.4 Å². The van der Waals surface area contributed by atoms with E-state index in [0.29, 0.717) is 19.2 Å². The molecule has 0 aliphatic heterocycles. The third-order valence-corrected chi connectivity index (χ3v) is 3.51. The van der Waals surface area contributed by atoms with Crippen LogP contribution >= 0.6 is 23.7 Å². The maximum Gasteiger partial charge on any atom is 0.0594 e. The number of nitrogens with zero attached hydrogens (tertiary/aromatic N) is 1. The second kappa shape index (κ2) is 8.96. The highest BCUT2D eigenvalue weighted by Gasteiger charge is 2.11. The first-order valence-corrected chi connectivity index (χ1v) is 6.15. The molecule has 0 aliphatic carbocycles. The minimum atomic E-state index is 0. The van der Waals surface area contributed by atoms with Gasteiger partial charge in [-0.3, -0.25) is 4.90 Å². The molecule has 1 unspecified atom stereocenters. The molecule has 0 bridgehead atoms. The highest BCUT2D eigenvalue weighted by atomic mass is 35.5. The molecule has 1 aromatic rings. The van der Waals surface area contributed by atoms with E-state index in [1.807, 2.05) is 0 Å². The molecule has 1 aromatic heterocycles. The van der Waals surface area contributed by atoms with Crippen LogP contribution in [0.15, 0.2) is 17.5 Å². The summed E-state index contributed by atoms with van der Waals surface area (Å²) in [6.07, 6.45) is 0. The van der Waals surface area contributed by atoms with E-state index in [9.17, 15) is 0 Å². The monoisotopic (exact) mass is 264 g/mol. The maximum absolute atomic E-state index is 5.36. The van der Waals surface area contributed by atoms with Crippen molar-refractivity contribution >= 4 is 23.7 Å². The van der Waals surface area contributed by atoms with Gasteiger partial charge in [-0.25, -0.2) is 0 Å². The molecular formula is C11H21ClN2OS. The SMILES string of the molecule is CC(c1cccs1)N(C)CCOCCN.Cl. The fraction of sp³-hybridized carbons (Fsp3) is 0.636. The maximum atomic E-state index is 5.36. The molecule has 0 aliphatic rings. The molecule has 94 valence electrons. The zero-order valence-corrected chi connectivity index (χ0v) is 11.5. The van der Waals surface area contributed by atoms with Gasteiger partial charge >= 0.3 is 0 Å². The smallest absolute Gasteiger partial charge is 0.0594 e. The summed E-state index contributed by atoms with van der Waals surface area (Å²) in [6.45, 7) is 5.17. The van der Waals surface area contributed by atoms with Crippen LogP contribution in [0.3, 0.4) is 0 Å². The lowest BCUT2D eigenvalue weighted by atomic mass is 10.2. The fourth-order valence-electron chi connectivity index (χ4n) is 1.33. The molecule has 1 rings (SSSR count). The zero-order valence-electron chi connectivity index (χ0n) is 9.89. The lowest BCUT2D eigenvalue weighted by Gasteiger charge is -2.23. The summed E-state index contributed by atoms with van der Waals surface area (Å²) in [7, 11) is 2.12. The van der Waals surface area contributed by atoms with Crippen molar-refractivity contribution in [3.8, 4) is 0 Å². The predicted octanol–water partition coefficient (Wildman–Crippen LogP) is 2.14. The van der Waals surface area contributed by atoms with Crippen LogP contribution in [-0.4, -0.2) is 38.3 Å². The molecule has 1 heterocycles. The standard InChI is InChI=1S/C11H20N2OS.ClH/c1-10(11-4-3-9-15-11)13(2)6-8-14-7-5-12;/h3-4,9-10H,5-8,12H2,1-2H3;1H. The summed E-state index contributed by atoms with van der Waals surface area (Å²) in [5, 5.41) is 2.12. The van der Waals surface area contributed by atoms with Crippen LogP contribution in [0, 0.1) is 0 Å². The average molecular weight is 265 g/mol.